The smallest absolute Gasteiger partial charge is 0.329 e. The first kappa shape index (κ1) is 37.6. The number of nitriles is 1. The first-order valence-corrected chi connectivity index (χ1v) is 18.6. The molecule has 4 bridgehead atoms. The molecule has 5 aliphatic rings. The molecule has 2 N–H and O–H groups in total. The molecule has 0 spiro atoms. The summed E-state index contributed by atoms with van der Waals surface area (Å²) in [6, 6.07) is 0.723. The first-order chi connectivity index (χ1) is 25.9. The maximum atomic E-state index is 13.7. The topological polar surface area (TPSA) is 195 Å². The molecule has 0 aliphatic carbocycles. The Balaban J connectivity index is 1.48. The Kier molecular flexibility index (Phi) is 10.3. The Labute approximate surface area is 315 Å². The number of benzene rings is 2. The molecular weight excluding hydrogens is 724 g/mol. The van der Waals surface area contributed by atoms with Gasteiger partial charge in [0.15, 0.2) is 29.8 Å². The summed E-state index contributed by atoms with van der Waals surface area (Å²) < 4.78 is 41.8. The number of thioether (sulfide) groups is 1. The molecule has 288 valence electrons. The lowest BCUT2D eigenvalue weighted by Crippen LogP contribution is -2.69. The van der Waals surface area contributed by atoms with Gasteiger partial charge >= 0.3 is 17.9 Å². The van der Waals surface area contributed by atoms with Gasteiger partial charge in [0.2, 0.25) is 12.7 Å². The van der Waals surface area contributed by atoms with Crippen LogP contribution in [0.25, 0.3) is 0 Å². The van der Waals surface area contributed by atoms with Crippen molar-refractivity contribution in [3.05, 3.63) is 39.4 Å². The summed E-state index contributed by atoms with van der Waals surface area (Å²) >= 11 is 1.34. The fourth-order valence-electron chi connectivity index (χ4n) is 8.79. The van der Waals surface area contributed by atoms with Gasteiger partial charge in [0, 0.05) is 60.5 Å². The number of carbonyl (C=O) groups is 4. The summed E-state index contributed by atoms with van der Waals surface area (Å²) in [5.41, 5.74) is 4.47. The molecule has 54 heavy (non-hydrogen) atoms. The zero-order valence-electron chi connectivity index (χ0n) is 30.8. The molecule has 7 rings (SSSR count). The number of rotatable bonds is 9. The van der Waals surface area contributed by atoms with Crippen molar-refractivity contribution in [2.45, 2.75) is 81.5 Å². The van der Waals surface area contributed by atoms with Crippen LogP contribution in [-0.2, 0) is 35.1 Å². The number of nitrogens with one attached hydrogen (secondary N) is 1. The highest BCUT2D eigenvalue weighted by molar-refractivity contribution is 7.99. The van der Waals surface area contributed by atoms with E-state index in [1.807, 2.05) is 14.0 Å². The molecule has 17 heteroatoms. The molecule has 1 amide bonds. The van der Waals surface area contributed by atoms with Crippen LogP contribution in [0.2, 0.25) is 0 Å². The number of carboxylic acid groups (broad SMARTS) is 1. The minimum Gasteiger partial charge on any atom is -0.493 e. The summed E-state index contributed by atoms with van der Waals surface area (Å²) in [5, 5.41) is 22.3. The Morgan fingerprint density at radius 3 is 2.52 bits per heavy atom. The molecule has 7 atom stereocenters. The fraction of sp³-hybridized carbons (Fsp3) is 0.541. The highest BCUT2D eigenvalue weighted by atomic mass is 32.2. The third-order valence-corrected chi connectivity index (χ3v) is 12.3. The second-order valence-electron chi connectivity index (χ2n) is 13.9. The van der Waals surface area contributed by atoms with Crippen LogP contribution in [0.1, 0.15) is 70.5 Å². The number of carbonyl (C=O) groups excluding carboxylic acids is 3. The largest absolute Gasteiger partial charge is 0.493 e. The summed E-state index contributed by atoms with van der Waals surface area (Å²) in [6.07, 6.45) is -0.229. The van der Waals surface area contributed by atoms with Crippen molar-refractivity contribution >= 4 is 35.6 Å². The minimum atomic E-state index is -1.14. The van der Waals surface area contributed by atoms with Gasteiger partial charge in [-0.1, -0.05) is 6.07 Å². The Morgan fingerprint density at radius 1 is 1.07 bits per heavy atom. The van der Waals surface area contributed by atoms with E-state index in [-0.39, 0.29) is 44.2 Å². The number of aryl methyl sites for hydroxylation is 1. The average Bonchev–Trinajstić information content (AvgIpc) is 3.62. The lowest BCUT2D eigenvalue weighted by Gasteiger charge is -2.61. The number of cyclic esters (lactones) is 1. The number of likely N-dealkylation sites (N-methyl/N-ethyl adjacent to an activating group) is 1. The van der Waals surface area contributed by atoms with Crippen LogP contribution in [0, 0.1) is 25.2 Å². The Morgan fingerprint density at radius 2 is 1.83 bits per heavy atom. The van der Waals surface area contributed by atoms with Crippen molar-refractivity contribution in [1.82, 2.24) is 15.1 Å². The van der Waals surface area contributed by atoms with E-state index in [4.69, 9.17) is 38.3 Å². The predicted octanol–water partition coefficient (Wildman–Crippen LogP) is 2.86. The monoisotopic (exact) mass is 766 g/mol. The molecule has 5 heterocycles. The number of aliphatic carboxylic acids is 1. The second-order valence-corrected chi connectivity index (χ2v) is 15.1. The van der Waals surface area contributed by atoms with Gasteiger partial charge in [-0.25, -0.2) is 4.79 Å². The zero-order chi connectivity index (χ0) is 38.6. The maximum absolute atomic E-state index is 13.7. The van der Waals surface area contributed by atoms with E-state index in [2.05, 4.69) is 27.3 Å². The van der Waals surface area contributed by atoms with Crippen LogP contribution >= 0.6 is 11.8 Å². The molecular formula is C37H42N4O12S. The Hall–Kier alpha value is -4.76. The van der Waals surface area contributed by atoms with E-state index in [0.29, 0.717) is 46.1 Å². The number of nitrogens with zero attached hydrogens (tertiary/aromatic N) is 3. The van der Waals surface area contributed by atoms with E-state index >= 15 is 0 Å². The third-order valence-electron chi connectivity index (χ3n) is 10.9. The van der Waals surface area contributed by atoms with Gasteiger partial charge in [0.1, 0.15) is 24.4 Å². The molecule has 0 saturated carbocycles. The van der Waals surface area contributed by atoms with E-state index in [9.17, 15) is 24.4 Å². The first-order valence-electron chi connectivity index (χ1n) is 17.6. The molecule has 2 aromatic carbocycles. The fourth-order valence-corrected chi connectivity index (χ4v) is 10.3. The molecule has 2 aromatic rings. The van der Waals surface area contributed by atoms with Crippen LogP contribution in [0.3, 0.4) is 0 Å². The number of piperazine rings is 1. The molecule has 2 fully saturated rings. The van der Waals surface area contributed by atoms with Gasteiger partial charge in [0.25, 0.3) is 0 Å². The number of amides is 1. The predicted molar refractivity (Wildman–Crippen MR) is 190 cm³/mol. The van der Waals surface area contributed by atoms with Crippen molar-refractivity contribution in [3.8, 4) is 34.8 Å². The molecule has 2 saturated heterocycles. The van der Waals surface area contributed by atoms with Crippen LogP contribution < -0.4 is 29.0 Å². The van der Waals surface area contributed by atoms with Gasteiger partial charge in [-0.05, 0) is 38.4 Å². The van der Waals surface area contributed by atoms with Crippen molar-refractivity contribution in [2.24, 2.45) is 0 Å². The lowest BCUT2D eigenvalue weighted by molar-refractivity contribution is -0.152. The number of carboxylic acids is 1. The normalized spacial score (nSPS) is 26.7. The lowest BCUT2D eigenvalue weighted by atomic mass is 9.71. The average molecular weight is 767 g/mol. The van der Waals surface area contributed by atoms with Crippen molar-refractivity contribution in [3.63, 3.8) is 0 Å². The van der Waals surface area contributed by atoms with Gasteiger partial charge in [-0.2, -0.15) is 5.26 Å². The summed E-state index contributed by atoms with van der Waals surface area (Å²) in [4.78, 5) is 55.0. The second kappa shape index (κ2) is 14.8. The van der Waals surface area contributed by atoms with Gasteiger partial charge in [0.05, 0.1) is 36.9 Å². The highest BCUT2D eigenvalue weighted by Crippen LogP contribution is 2.64. The number of hydrogen-bond acceptors (Lipinski definition) is 15. The summed E-state index contributed by atoms with van der Waals surface area (Å²) in [5.74, 6) is -0.871. The maximum Gasteiger partial charge on any atom is 0.329 e. The number of ether oxygens (including phenoxy) is 7. The standard InChI is InChI=1S/C37H42N4O12S/c1-16-9-19-10-21-22(11-38)41-23-12-49-37(46)20(39-24(43)7-8-25(44)45)13-54-36(28-27(23)35-33(51-15-52-35)17(2)32(28)53-18(3)42)30(41)29(40(21)4)26(19)34(31(16)48-6)50-14-47-5/h9,20-23,29-30,36H,7-8,10,12-15H2,1-6H3,(H,39,43)(H,44,45)/t20-,21-,22-,23-,29+,30?,36+/m0/s1. The molecule has 0 radical (unpaired) electrons. The van der Waals surface area contributed by atoms with E-state index in [0.717, 1.165) is 16.7 Å². The van der Waals surface area contributed by atoms with E-state index in [1.165, 1.54) is 25.8 Å². The number of esters is 2. The molecule has 5 aliphatic heterocycles. The third kappa shape index (κ3) is 6.14. The molecule has 0 aromatic heterocycles. The van der Waals surface area contributed by atoms with Gasteiger partial charge in [-0.3, -0.25) is 24.2 Å². The quantitative estimate of drug-likeness (QED) is 0.215. The summed E-state index contributed by atoms with van der Waals surface area (Å²) in [7, 11) is 5.09. The minimum absolute atomic E-state index is 0.00203. The van der Waals surface area contributed by atoms with Gasteiger partial charge < -0.3 is 43.6 Å². The SMILES string of the molecule is COCOc1c(OC)c(C)cc2c1[C@@H]1C3[C@@H]4SC[C@H](NC(=O)CCC(=O)O)C(=O)OC[C@@H](c5c6c(c(C)c(OC(C)=O)c54)OCO6)N3[C@@H](C#N)[C@H](C2)N1C. The van der Waals surface area contributed by atoms with Crippen LogP contribution in [0.5, 0.6) is 28.7 Å². The van der Waals surface area contributed by atoms with Crippen molar-refractivity contribution < 1.29 is 57.4 Å². The van der Waals surface area contributed by atoms with Gasteiger partial charge in [-0.15, -0.1) is 11.8 Å². The zero-order valence-corrected chi connectivity index (χ0v) is 31.6. The van der Waals surface area contributed by atoms with Crippen molar-refractivity contribution in [1.29, 1.82) is 5.26 Å². The van der Waals surface area contributed by atoms with Crippen molar-refractivity contribution in [2.75, 3.05) is 47.2 Å². The highest BCUT2D eigenvalue weighted by Gasteiger charge is 2.61. The van der Waals surface area contributed by atoms with E-state index in [1.54, 1.807) is 14.0 Å². The molecule has 16 nitrogen and oxygen atoms in total. The van der Waals surface area contributed by atoms with Crippen LogP contribution in [0.15, 0.2) is 6.07 Å². The van der Waals surface area contributed by atoms with Crippen LogP contribution in [-0.4, -0.2) is 110 Å². The Bertz CT molecular complexity index is 1950. The number of methoxy groups -OCH3 is 2. The molecule has 1 unspecified atom stereocenters. The summed E-state index contributed by atoms with van der Waals surface area (Å²) in [6.45, 7) is 4.64. The van der Waals surface area contributed by atoms with Crippen LogP contribution in [0.4, 0.5) is 0 Å². The number of hydrogen-bond donors (Lipinski definition) is 2. The number of fused-ring (bicyclic) bond motifs is 9. The van der Waals surface area contributed by atoms with E-state index < -0.39 is 65.7 Å².